The van der Waals surface area contributed by atoms with E-state index in [1.54, 1.807) is 18.2 Å². The van der Waals surface area contributed by atoms with E-state index >= 15 is 0 Å². The summed E-state index contributed by atoms with van der Waals surface area (Å²) in [5.74, 6) is -0.608. The molecule has 0 saturated heterocycles. The summed E-state index contributed by atoms with van der Waals surface area (Å²) in [4.78, 5) is 39.5. The lowest BCUT2D eigenvalue weighted by Gasteiger charge is -2.32. The molecule has 0 radical (unpaired) electrons. The maximum atomic E-state index is 13.6. The van der Waals surface area contributed by atoms with Crippen LogP contribution in [0.25, 0.3) is 0 Å². The first-order valence-electron chi connectivity index (χ1n) is 11.2. The van der Waals surface area contributed by atoms with Crippen molar-refractivity contribution in [3.8, 4) is 0 Å². The quantitative estimate of drug-likeness (QED) is 0.361. The number of amides is 2. The number of carbonyl (C=O) groups excluding carboxylic acids is 2. The number of hydrogen-bond acceptors (Lipinski definition) is 4. The summed E-state index contributed by atoms with van der Waals surface area (Å²) in [7, 11) is 0. The average molecular weight is 460 g/mol. The second kappa shape index (κ2) is 11.7. The van der Waals surface area contributed by atoms with Crippen LogP contribution in [0.15, 0.2) is 84.9 Å². The zero-order valence-electron chi connectivity index (χ0n) is 19.4. The largest absolute Gasteiger partial charge is 0.352 e. The standard InChI is InChI=1S/C27H29N3O4/c1-20(2)28-27(32)25(17-21-11-5-3-6-12-21)29(19-22-13-7-4-8-14-22)26(31)18-23-15-9-10-16-24(23)30(33)34/h3-16,20,25H,17-19H2,1-2H3,(H,28,32)/t25-/m0/s1. The third kappa shape index (κ3) is 6.75. The van der Waals surface area contributed by atoms with Gasteiger partial charge in [-0.05, 0) is 25.0 Å². The number of benzene rings is 3. The molecule has 0 bridgehead atoms. The predicted octanol–water partition coefficient (Wildman–Crippen LogP) is 4.30. The molecule has 3 rings (SSSR count). The molecule has 2 amide bonds. The van der Waals surface area contributed by atoms with Crippen LogP contribution < -0.4 is 5.32 Å². The summed E-state index contributed by atoms with van der Waals surface area (Å²) in [5.41, 5.74) is 2.00. The fourth-order valence-electron chi connectivity index (χ4n) is 3.82. The Bertz CT molecular complexity index is 1120. The van der Waals surface area contributed by atoms with Crippen molar-refractivity contribution in [1.82, 2.24) is 10.2 Å². The number of hydrogen-bond donors (Lipinski definition) is 1. The van der Waals surface area contributed by atoms with Crippen molar-refractivity contribution in [2.24, 2.45) is 0 Å². The van der Waals surface area contributed by atoms with Gasteiger partial charge in [-0.25, -0.2) is 0 Å². The first-order valence-corrected chi connectivity index (χ1v) is 11.2. The Labute approximate surface area is 199 Å². The summed E-state index contributed by atoms with van der Waals surface area (Å²) >= 11 is 0. The minimum atomic E-state index is -0.778. The minimum absolute atomic E-state index is 0.102. The first kappa shape index (κ1) is 24.6. The zero-order chi connectivity index (χ0) is 24.5. The van der Waals surface area contributed by atoms with E-state index in [-0.39, 0.29) is 36.5 Å². The van der Waals surface area contributed by atoms with Crippen molar-refractivity contribution in [3.63, 3.8) is 0 Å². The third-order valence-corrected chi connectivity index (χ3v) is 5.43. The molecule has 1 atom stereocenters. The molecule has 176 valence electrons. The summed E-state index contributed by atoms with van der Waals surface area (Å²) in [5, 5.41) is 14.4. The molecule has 0 unspecified atom stereocenters. The number of nitro benzene ring substituents is 1. The van der Waals surface area contributed by atoms with Crippen molar-refractivity contribution >= 4 is 17.5 Å². The second-order valence-corrected chi connectivity index (χ2v) is 8.44. The van der Waals surface area contributed by atoms with Crippen LogP contribution in [0, 0.1) is 10.1 Å². The lowest BCUT2D eigenvalue weighted by molar-refractivity contribution is -0.385. The Morgan fingerprint density at radius 1 is 0.882 bits per heavy atom. The lowest BCUT2D eigenvalue weighted by atomic mass is 10.0. The Kier molecular flexibility index (Phi) is 8.51. The lowest BCUT2D eigenvalue weighted by Crippen LogP contribution is -2.52. The highest BCUT2D eigenvalue weighted by molar-refractivity contribution is 5.89. The molecule has 0 aliphatic rings. The van der Waals surface area contributed by atoms with Gasteiger partial charge in [-0.2, -0.15) is 0 Å². The number of nitrogens with one attached hydrogen (secondary N) is 1. The van der Waals surface area contributed by atoms with Crippen LogP contribution in [0.5, 0.6) is 0 Å². The van der Waals surface area contributed by atoms with Gasteiger partial charge >= 0.3 is 0 Å². The maximum absolute atomic E-state index is 13.6. The molecule has 0 aliphatic carbocycles. The molecular formula is C27H29N3O4. The van der Waals surface area contributed by atoms with Gasteiger partial charge in [-0.15, -0.1) is 0 Å². The summed E-state index contributed by atoms with van der Waals surface area (Å²) in [6, 6.07) is 24.3. The van der Waals surface area contributed by atoms with Gasteiger partial charge in [0.2, 0.25) is 11.8 Å². The first-order chi connectivity index (χ1) is 16.3. The molecule has 0 aromatic heterocycles. The predicted molar refractivity (Wildman–Crippen MR) is 131 cm³/mol. The Hall–Kier alpha value is -4.00. The number of nitrogens with zero attached hydrogens (tertiary/aromatic N) is 2. The molecule has 7 heteroatoms. The number of nitro groups is 1. The van der Waals surface area contributed by atoms with Crippen LogP contribution in [0.3, 0.4) is 0 Å². The third-order valence-electron chi connectivity index (χ3n) is 5.43. The Balaban J connectivity index is 1.99. The van der Waals surface area contributed by atoms with Crippen molar-refractivity contribution in [2.75, 3.05) is 0 Å². The Morgan fingerprint density at radius 2 is 1.44 bits per heavy atom. The molecule has 0 saturated carbocycles. The van der Waals surface area contributed by atoms with Crippen molar-refractivity contribution in [2.45, 2.75) is 45.3 Å². The fraction of sp³-hybridized carbons (Fsp3) is 0.259. The van der Waals surface area contributed by atoms with E-state index in [0.29, 0.717) is 12.0 Å². The van der Waals surface area contributed by atoms with Crippen molar-refractivity contribution < 1.29 is 14.5 Å². The molecule has 0 spiro atoms. The number of para-hydroxylation sites is 1. The van der Waals surface area contributed by atoms with Crippen molar-refractivity contribution in [3.05, 3.63) is 112 Å². The highest BCUT2D eigenvalue weighted by Crippen LogP contribution is 2.21. The topological polar surface area (TPSA) is 92.6 Å². The molecular weight excluding hydrogens is 430 g/mol. The molecule has 3 aromatic rings. The van der Waals surface area contributed by atoms with Crippen LogP contribution in [0.4, 0.5) is 5.69 Å². The number of rotatable bonds is 10. The van der Waals surface area contributed by atoms with Crippen LogP contribution in [-0.2, 0) is 29.0 Å². The molecule has 7 nitrogen and oxygen atoms in total. The molecule has 34 heavy (non-hydrogen) atoms. The van der Waals surface area contributed by atoms with Gasteiger partial charge in [0.05, 0.1) is 11.3 Å². The molecule has 0 aliphatic heterocycles. The van der Waals surface area contributed by atoms with Gasteiger partial charge in [-0.3, -0.25) is 19.7 Å². The summed E-state index contributed by atoms with van der Waals surface area (Å²) in [6.07, 6.45) is 0.152. The number of carbonyl (C=O) groups is 2. The monoisotopic (exact) mass is 459 g/mol. The van der Waals surface area contributed by atoms with E-state index in [9.17, 15) is 19.7 Å². The highest BCUT2D eigenvalue weighted by atomic mass is 16.6. The molecule has 1 N–H and O–H groups in total. The Morgan fingerprint density at radius 3 is 2.03 bits per heavy atom. The maximum Gasteiger partial charge on any atom is 0.273 e. The van der Waals surface area contributed by atoms with E-state index in [1.165, 1.54) is 11.0 Å². The van der Waals surface area contributed by atoms with Gasteiger partial charge in [0, 0.05) is 30.6 Å². The van der Waals surface area contributed by atoms with Gasteiger partial charge in [0.25, 0.3) is 5.69 Å². The van der Waals surface area contributed by atoms with E-state index in [2.05, 4.69) is 5.32 Å². The van der Waals surface area contributed by atoms with E-state index in [4.69, 9.17) is 0 Å². The van der Waals surface area contributed by atoms with Gasteiger partial charge in [-0.1, -0.05) is 78.9 Å². The van der Waals surface area contributed by atoms with E-state index in [0.717, 1.165) is 11.1 Å². The van der Waals surface area contributed by atoms with Crippen LogP contribution in [-0.4, -0.2) is 33.7 Å². The van der Waals surface area contributed by atoms with Crippen molar-refractivity contribution in [1.29, 1.82) is 0 Å². The smallest absolute Gasteiger partial charge is 0.273 e. The van der Waals surface area contributed by atoms with Gasteiger partial charge in [0.15, 0.2) is 0 Å². The van der Waals surface area contributed by atoms with Gasteiger partial charge < -0.3 is 10.2 Å². The fourth-order valence-corrected chi connectivity index (χ4v) is 3.82. The minimum Gasteiger partial charge on any atom is -0.352 e. The van der Waals surface area contributed by atoms with Gasteiger partial charge in [0.1, 0.15) is 6.04 Å². The van der Waals surface area contributed by atoms with Crippen LogP contribution in [0.1, 0.15) is 30.5 Å². The normalized spacial score (nSPS) is 11.6. The molecule has 0 heterocycles. The van der Waals surface area contributed by atoms with E-state index < -0.39 is 11.0 Å². The summed E-state index contributed by atoms with van der Waals surface area (Å²) < 4.78 is 0. The SMILES string of the molecule is CC(C)NC(=O)[C@H](Cc1ccccc1)N(Cc1ccccc1)C(=O)Cc1ccccc1[N+](=O)[O-]. The summed E-state index contributed by atoms with van der Waals surface area (Å²) in [6.45, 7) is 3.95. The van der Waals surface area contributed by atoms with Crippen LogP contribution in [0.2, 0.25) is 0 Å². The zero-order valence-corrected chi connectivity index (χ0v) is 19.4. The highest BCUT2D eigenvalue weighted by Gasteiger charge is 2.31. The second-order valence-electron chi connectivity index (χ2n) is 8.44. The average Bonchev–Trinajstić information content (AvgIpc) is 2.82. The van der Waals surface area contributed by atoms with Crippen LogP contribution >= 0.6 is 0 Å². The molecule has 3 aromatic carbocycles. The van der Waals surface area contributed by atoms with E-state index in [1.807, 2.05) is 74.5 Å². The molecule has 0 fully saturated rings.